The first kappa shape index (κ1) is 20.5. The molecule has 0 bridgehead atoms. The Morgan fingerprint density at radius 1 is 1.30 bits per heavy atom. The van der Waals surface area contributed by atoms with Crippen molar-refractivity contribution in [2.75, 3.05) is 11.4 Å². The van der Waals surface area contributed by atoms with Crippen LogP contribution < -0.4 is 10.5 Å². The highest BCUT2D eigenvalue weighted by Crippen LogP contribution is 2.34. The second-order valence-electron chi connectivity index (χ2n) is 7.40. The molecule has 3 heterocycles. The SMILES string of the molecule is C[C@@H](CC(=O)[C@H]1CCCN1c1nc2c(=O)[nH]c(C(F)(F)F)nc2s1)c1ccccc1. The van der Waals surface area contributed by atoms with Crippen LogP contribution in [0.3, 0.4) is 0 Å². The monoisotopic (exact) mass is 436 g/mol. The summed E-state index contributed by atoms with van der Waals surface area (Å²) in [4.78, 5) is 36.2. The minimum atomic E-state index is -4.75. The highest BCUT2D eigenvalue weighted by Gasteiger charge is 2.36. The quantitative estimate of drug-likeness (QED) is 0.651. The summed E-state index contributed by atoms with van der Waals surface area (Å²) in [6, 6.07) is 9.34. The number of aromatic amines is 1. The van der Waals surface area contributed by atoms with Crippen LogP contribution in [-0.4, -0.2) is 33.3 Å². The zero-order valence-corrected chi connectivity index (χ0v) is 16.9. The molecule has 10 heteroatoms. The first-order valence-corrected chi connectivity index (χ1v) is 10.4. The van der Waals surface area contributed by atoms with Crippen LogP contribution in [0.5, 0.6) is 0 Å². The lowest BCUT2D eigenvalue weighted by atomic mass is 9.93. The zero-order valence-electron chi connectivity index (χ0n) is 16.1. The summed E-state index contributed by atoms with van der Waals surface area (Å²) in [5, 5.41) is 0.352. The maximum absolute atomic E-state index is 13.0. The van der Waals surface area contributed by atoms with Crippen LogP contribution in [-0.2, 0) is 11.0 Å². The fourth-order valence-corrected chi connectivity index (χ4v) is 4.76. The van der Waals surface area contributed by atoms with Gasteiger partial charge in [-0.1, -0.05) is 48.6 Å². The molecule has 2 atom stereocenters. The van der Waals surface area contributed by atoms with Gasteiger partial charge in [-0.2, -0.15) is 13.2 Å². The van der Waals surface area contributed by atoms with Crippen molar-refractivity contribution in [1.29, 1.82) is 0 Å². The van der Waals surface area contributed by atoms with E-state index in [1.54, 1.807) is 9.88 Å². The highest BCUT2D eigenvalue weighted by molar-refractivity contribution is 7.21. The minimum Gasteiger partial charge on any atom is -0.338 e. The molecule has 0 saturated carbocycles. The van der Waals surface area contributed by atoms with Gasteiger partial charge in [-0.3, -0.25) is 9.59 Å². The number of thiazole rings is 1. The third-order valence-electron chi connectivity index (χ3n) is 5.27. The molecule has 2 aromatic heterocycles. The highest BCUT2D eigenvalue weighted by atomic mass is 32.1. The first-order valence-electron chi connectivity index (χ1n) is 9.56. The lowest BCUT2D eigenvalue weighted by Crippen LogP contribution is -2.36. The van der Waals surface area contributed by atoms with E-state index in [2.05, 4.69) is 9.97 Å². The van der Waals surface area contributed by atoms with Crippen molar-refractivity contribution in [2.24, 2.45) is 0 Å². The Hall–Kier alpha value is -2.75. The van der Waals surface area contributed by atoms with Crippen molar-refractivity contribution < 1.29 is 18.0 Å². The number of rotatable bonds is 5. The number of anilines is 1. The van der Waals surface area contributed by atoms with E-state index >= 15 is 0 Å². The number of nitrogens with zero attached hydrogens (tertiary/aromatic N) is 3. The number of carbonyl (C=O) groups is 1. The molecule has 4 rings (SSSR count). The standard InChI is InChI=1S/C20H19F3N4O2S/c1-11(12-6-3-2-4-7-12)10-14(28)13-8-5-9-27(13)19-24-15-16(29)25-18(20(21,22)23)26-17(15)30-19/h2-4,6-7,11,13H,5,8-10H2,1H3,(H,25,26,29)/t11-,13+/m0/s1. The Balaban J connectivity index is 1.58. The van der Waals surface area contributed by atoms with Crippen LogP contribution in [0.2, 0.25) is 0 Å². The average molecular weight is 436 g/mol. The van der Waals surface area contributed by atoms with Gasteiger partial charge in [0.05, 0.1) is 6.04 Å². The van der Waals surface area contributed by atoms with Gasteiger partial charge in [0, 0.05) is 13.0 Å². The predicted octanol–water partition coefficient (Wildman–Crippen LogP) is 4.13. The maximum Gasteiger partial charge on any atom is 0.449 e. The van der Waals surface area contributed by atoms with Gasteiger partial charge >= 0.3 is 6.18 Å². The number of Topliss-reactive ketones (excluding diaryl/α,β-unsaturated/α-hetero) is 1. The molecular formula is C20H19F3N4O2S. The number of ketones is 1. The van der Waals surface area contributed by atoms with Gasteiger partial charge in [0.2, 0.25) is 5.82 Å². The molecule has 1 N–H and O–H groups in total. The summed E-state index contributed by atoms with van der Waals surface area (Å²) >= 11 is 0.907. The summed E-state index contributed by atoms with van der Waals surface area (Å²) in [5.74, 6) is -1.24. The van der Waals surface area contributed by atoms with Gasteiger partial charge in [0.1, 0.15) is 0 Å². The number of fused-ring (bicyclic) bond motifs is 1. The van der Waals surface area contributed by atoms with Crippen LogP contribution in [0.1, 0.15) is 43.5 Å². The van der Waals surface area contributed by atoms with Gasteiger partial charge in [0.15, 0.2) is 21.3 Å². The van der Waals surface area contributed by atoms with Crippen LogP contribution in [0.15, 0.2) is 35.1 Å². The van der Waals surface area contributed by atoms with Gasteiger partial charge in [0.25, 0.3) is 5.56 Å². The van der Waals surface area contributed by atoms with Crippen LogP contribution in [0.25, 0.3) is 10.3 Å². The molecule has 0 spiro atoms. The molecule has 0 unspecified atom stereocenters. The number of H-pyrrole nitrogens is 1. The normalized spacial score (nSPS) is 18.1. The summed E-state index contributed by atoms with van der Waals surface area (Å²) in [7, 11) is 0. The Bertz CT molecular complexity index is 1130. The lowest BCUT2D eigenvalue weighted by Gasteiger charge is -2.24. The number of nitrogens with one attached hydrogen (secondary N) is 1. The average Bonchev–Trinajstić information content (AvgIpc) is 3.35. The summed E-state index contributed by atoms with van der Waals surface area (Å²) in [6.07, 6.45) is -2.98. The molecule has 0 radical (unpaired) electrons. The lowest BCUT2D eigenvalue weighted by molar-refractivity contribution is -0.144. The summed E-state index contributed by atoms with van der Waals surface area (Å²) < 4.78 is 38.8. The van der Waals surface area contributed by atoms with E-state index < -0.39 is 23.6 Å². The smallest absolute Gasteiger partial charge is 0.338 e. The molecule has 0 aliphatic carbocycles. The van der Waals surface area contributed by atoms with E-state index in [0.717, 1.165) is 23.3 Å². The largest absolute Gasteiger partial charge is 0.449 e. The van der Waals surface area contributed by atoms with E-state index in [4.69, 9.17) is 0 Å². The molecular weight excluding hydrogens is 417 g/mol. The van der Waals surface area contributed by atoms with Crippen LogP contribution in [0.4, 0.5) is 18.3 Å². The number of hydrogen-bond acceptors (Lipinski definition) is 6. The molecule has 1 aliphatic rings. The van der Waals surface area contributed by atoms with E-state index in [-0.39, 0.29) is 22.0 Å². The van der Waals surface area contributed by atoms with Crippen molar-refractivity contribution in [3.05, 3.63) is 52.1 Å². The van der Waals surface area contributed by atoms with Crippen molar-refractivity contribution in [2.45, 2.75) is 44.3 Å². The van der Waals surface area contributed by atoms with Crippen LogP contribution in [0, 0.1) is 0 Å². The van der Waals surface area contributed by atoms with Crippen LogP contribution >= 0.6 is 11.3 Å². The number of hydrogen-bond donors (Lipinski definition) is 1. The molecule has 158 valence electrons. The number of aromatic nitrogens is 3. The van der Waals surface area contributed by atoms with Crippen molar-refractivity contribution in [1.82, 2.24) is 15.0 Å². The Labute approximate surface area is 173 Å². The summed E-state index contributed by atoms with van der Waals surface area (Å²) in [5.41, 5.74) is -0.000788. The molecule has 1 aliphatic heterocycles. The summed E-state index contributed by atoms with van der Waals surface area (Å²) in [6.45, 7) is 2.55. The van der Waals surface area contributed by atoms with Gasteiger partial charge in [-0.15, -0.1) is 0 Å². The second kappa shape index (κ2) is 7.82. The molecule has 1 saturated heterocycles. The second-order valence-corrected chi connectivity index (χ2v) is 8.35. The number of carbonyl (C=O) groups excluding carboxylic acids is 1. The van der Waals surface area contributed by atoms with Crippen molar-refractivity contribution in [3.8, 4) is 0 Å². The van der Waals surface area contributed by atoms with E-state index in [1.807, 2.05) is 37.3 Å². The number of alkyl halides is 3. The van der Waals surface area contributed by atoms with Gasteiger partial charge in [-0.05, 0) is 24.3 Å². The molecule has 6 nitrogen and oxygen atoms in total. The molecule has 1 aromatic carbocycles. The number of halogens is 3. The fourth-order valence-electron chi connectivity index (χ4n) is 3.75. The fraction of sp³-hybridized carbons (Fsp3) is 0.400. The predicted molar refractivity (Wildman–Crippen MR) is 108 cm³/mol. The first-order chi connectivity index (χ1) is 14.2. The van der Waals surface area contributed by atoms with E-state index in [9.17, 15) is 22.8 Å². The van der Waals surface area contributed by atoms with Crippen molar-refractivity contribution >= 4 is 32.6 Å². The van der Waals surface area contributed by atoms with Gasteiger partial charge in [-0.25, -0.2) is 9.97 Å². The Morgan fingerprint density at radius 3 is 2.73 bits per heavy atom. The molecule has 1 fully saturated rings. The minimum absolute atomic E-state index is 0.0513. The maximum atomic E-state index is 13.0. The number of benzene rings is 1. The molecule has 0 amide bonds. The van der Waals surface area contributed by atoms with Gasteiger partial charge < -0.3 is 9.88 Å². The van der Waals surface area contributed by atoms with Crippen molar-refractivity contribution in [3.63, 3.8) is 0 Å². The Morgan fingerprint density at radius 2 is 2.03 bits per heavy atom. The third-order valence-corrected chi connectivity index (χ3v) is 6.26. The zero-order chi connectivity index (χ0) is 21.5. The molecule has 3 aromatic rings. The third kappa shape index (κ3) is 3.96. The van der Waals surface area contributed by atoms with E-state index in [0.29, 0.717) is 24.5 Å². The molecule has 30 heavy (non-hydrogen) atoms. The van der Waals surface area contributed by atoms with E-state index in [1.165, 1.54) is 0 Å². The topological polar surface area (TPSA) is 79.0 Å². The Kier molecular flexibility index (Phi) is 5.35.